The predicted molar refractivity (Wildman–Crippen MR) is 172 cm³/mol. The smallest absolute Gasteiger partial charge is 0.306 e. The number of aliphatic imine (C=N–C) groups is 1. The second kappa shape index (κ2) is 15.3. The molecule has 0 saturated heterocycles. The molecule has 0 unspecified atom stereocenters. The quantitative estimate of drug-likeness (QED) is 0.0716. The molecule has 0 fully saturated rings. The highest BCUT2D eigenvalue weighted by Gasteiger charge is 2.54. The van der Waals surface area contributed by atoms with Crippen molar-refractivity contribution in [2.75, 3.05) is 20.3 Å². The van der Waals surface area contributed by atoms with Gasteiger partial charge in [0.15, 0.2) is 11.6 Å². The first-order valence-corrected chi connectivity index (χ1v) is 15.0. The molecule has 0 radical (unpaired) electrons. The van der Waals surface area contributed by atoms with Crippen LogP contribution in [0, 0.1) is 0 Å². The van der Waals surface area contributed by atoms with Crippen molar-refractivity contribution in [3.05, 3.63) is 99.9 Å². The van der Waals surface area contributed by atoms with Gasteiger partial charge in [-0.2, -0.15) is 0 Å². The topological polar surface area (TPSA) is 164 Å². The second-order valence-electron chi connectivity index (χ2n) is 11.6. The number of nitrogens with zero attached hydrogens (tertiary/aromatic N) is 4. The lowest BCUT2D eigenvalue weighted by Crippen LogP contribution is -2.48. The summed E-state index contributed by atoms with van der Waals surface area (Å²) in [5.41, 5.74) is 8.92. The van der Waals surface area contributed by atoms with Gasteiger partial charge in [0.25, 0.3) is 5.91 Å². The van der Waals surface area contributed by atoms with E-state index in [4.69, 9.17) is 29.0 Å². The number of nitrogens with one attached hydrogen (secondary N) is 1. The average molecular weight is 630 g/mol. The molecule has 0 spiro atoms. The molecule has 1 heterocycles. The van der Waals surface area contributed by atoms with Crippen LogP contribution in [-0.4, -0.2) is 54.3 Å². The van der Waals surface area contributed by atoms with E-state index >= 15 is 0 Å². The van der Waals surface area contributed by atoms with Crippen LogP contribution in [0.3, 0.4) is 0 Å². The highest BCUT2D eigenvalue weighted by atomic mass is 16.6. The van der Waals surface area contributed by atoms with E-state index in [1.807, 2.05) is 18.2 Å². The fourth-order valence-corrected chi connectivity index (χ4v) is 5.06. The van der Waals surface area contributed by atoms with Crippen LogP contribution in [0.2, 0.25) is 0 Å². The maximum absolute atomic E-state index is 14.4. The van der Waals surface area contributed by atoms with Gasteiger partial charge >= 0.3 is 5.97 Å². The van der Waals surface area contributed by atoms with E-state index < -0.39 is 29.1 Å². The number of amides is 1. The van der Waals surface area contributed by atoms with Gasteiger partial charge in [0.05, 0.1) is 13.7 Å². The van der Waals surface area contributed by atoms with E-state index in [1.165, 1.54) is 0 Å². The number of azide groups is 1. The van der Waals surface area contributed by atoms with E-state index in [0.29, 0.717) is 35.7 Å². The number of esters is 1. The molecule has 46 heavy (non-hydrogen) atoms. The molecule has 12 heteroatoms. The number of para-hydroxylation sites is 1. The van der Waals surface area contributed by atoms with Crippen LogP contribution in [-0.2, 0) is 25.6 Å². The van der Waals surface area contributed by atoms with Gasteiger partial charge in [-0.3, -0.25) is 9.59 Å². The van der Waals surface area contributed by atoms with Crippen molar-refractivity contribution >= 4 is 23.5 Å². The maximum Gasteiger partial charge on any atom is 0.306 e. The molecule has 2 atom stereocenters. The zero-order valence-corrected chi connectivity index (χ0v) is 26.4. The maximum atomic E-state index is 14.4. The SMILES string of the molecule is COc1ccccc1CNC(=O)[C@]1(CCC(=O)OC(C)(C)C)N=C(c2ccc(OCCCO)cc2)O[C@@H]1c1ccccc1N=[N+]=[N-]. The first-order valence-electron chi connectivity index (χ1n) is 15.0. The molecular weight excluding hydrogens is 590 g/mol. The number of rotatable bonds is 14. The van der Waals surface area contributed by atoms with E-state index in [1.54, 1.807) is 82.5 Å². The van der Waals surface area contributed by atoms with Crippen LogP contribution in [0.4, 0.5) is 5.69 Å². The summed E-state index contributed by atoms with van der Waals surface area (Å²) >= 11 is 0. The summed E-state index contributed by atoms with van der Waals surface area (Å²) in [6.45, 7) is 5.80. The van der Waals surface area contributed by atoms with Crippen molar-refractivity contribution in [2.45, 2.75) is 63.8 Å². The van der Waals surface area contributed by atoms with E-state index in [2.05, 4.69) is 15.3 Å². The third-order valence-corrected chi connectivity index (χ3v) is 7.16. The number of benzene rings is 3. The van der Waals surface area contributed by atoms with Crippen molar-refractivity contribution in [1.82, 2.24) is 5.32 Å². The Morgan fingerprint density at radius 3 is 2.50 bits per heavy atom. The minimum absolute atomic E-state index is 0.0198. The molecule has 0 bridgehead atoms. The Morgan fingerprint density at radius 1 is 1.09 bits per heavy atom. The van der Waals surface area contributed by atoms with Gasteiger partial charge in [-0.05, 0) is 63.1 Å². The molecule has 242 valence electrons. The molecule has 3 aromatic rings. The van der Waals surface area contributed by atoms with Gasteiger partial charge in [0.2, 0.25) is 5.90 Å². The molecule has 0 aliphatic carbocycles. The molecule has 0 saturated carbocycles. The molecule has 12 nitrogen and oxygen atoms in total. The van der Waals surface area contributed by atoms with Gasteiger partial charge in [-0.25, -0.2) is 4.99 Å². The Bertz CT molecular complexity index is 1600. The van der Waals surface area contributed by atoms with Gasteiger partial charge < -0.3 is 29.4 Å². The number of carbonyl (C=O) groups is 2. The van der Waals surface area contributed by atoms with Gasteiger partial charge in [-0.1, -0.05) is 47.6 Å². The largest absolute Gasteiger partial charge is 0.496 e. The third-order valence-electron chi connectivity index (χ3n) is 7.16. The summed E-state index contributed by atoms with van der Waals surface area (Å²) < 4.78 is 23.2. The molecular formula is C34H39N5O7. The van der Waals surface area contributed by atoms with E-state index in [0.717, 1.165) is 5.56 Å². The predicted octanol–water partition coefficient (Wildman–Crippen LogP) is 6.09. The Morgan fingerprint density at radius 2 is 1.80 bits per heavy atom. The zero-order chi connectivity index (χ0) is 33.2. The zero-order valence-electron chi connectivity index (χ0n) is 26.4. The van der Waals surface area contributed by atoms with Crippen molar-refractivity contribution in [1.29, 1.82) is 0 Å². The normalized spacial score (nSPS) is 17.2. The molecule has 1 amide bonds. The highest BCUT2D eigenvalue weighted by molar-refractivity contribution is 6.01. The highest BCUT2D eigenvalue weighted by Crippen LogP contribution is 2.46. The van der Waals surface area contributed by atoms with Gasteiger partial charge in [0.1, 0.15) is 17.1 Å². The van der Waals surface area contributed by atoms with Crippen LogP contribution >= 0.6 is 0 Å². The molecule has 3 aromatic carbocycles. The lowest BCUT2D eigenvalue weighted by Gasteiger charge is -2.31. The number of aliphatic hydroxyl groups is 1. The fourth-order valence-electron chi connectivity index (χ4n) is 5.06. The average Bonchev–Trinajstić information content (AvgIpc) is 3.43. The number of ether oxygens (including phenoxy) is 4. The van der Waals surface area contributed by atoms with Crippen molar-refractivity contribution in [3.63, 3.8) is 0 Å². The molecule has 0 aromatic heterocycles. The molecule has 2 N–H and O–H groups in total. The number of aliphatic hydroxyl groups excluding tert-OH is 1. The van der Waals surface area contributed by atoms with E-state index in [-0.39, 0.29) is 37.6 Å². The van der Waals surface area contributed by atoms with Crippen molar-refractivity contribution < 1.29 is 33.6 Å². The lowest BCUT2D eigenvalue weighted by molar-refractivity contribution is -0.155. The minimum Gasteiger partial charge on any atom is -0.496 e. The number of carbonyl (C=O) groups excluding carboxylic acids is 2. The van der Waals surface area contributed by atoms with Crippen molar-refractivity contribution in [3.8, 4) is 11.5 Å². The number of methoxy groups -OCH3 is 1. The lowest BCUT2D eigenvalue weighted by atomic mass is 9.82. The van der Waals surface area contributed by atoms with Crippen molar-refractivity contribution in [2.24, 2.45) is 10.1 Å². The van der Waals surface area contributed by atoms with Crippen LogP contribution in [0.1, 0.15) is 62.8 Å². The Balaban J connectivity index is 1.79. The van der Waals surface area contributed by atoms with Crippen LogP contribution in [0.5, 0.6) is 11.5 Å². The molecule has 1 aliphatic heterocycles. The minimum atomic E-state index is -1.66. The monoisotopic (exact) mass is 629 g/mol. The fraction of sp³-hybridized carbons (Fsp3) is 0.382. The third kappa shape index (κ3) is 8.35. The van der Waals surface area contributed by atoms with Crippen LogP contribution in [0.15, 0.2) is 82.9 Å². The van der Waals surface area contributed by atoms with Crippen LogP contribution in [0.25, 0.3) is 10.4 Å². The second-order valence-corrected chi connectivity index (χ2v) is 11.6. The number of hydrogen-bond acceptors (Lipinski definition) is 9. The van der Waals surface area contributed by atoms with E-state index in [9.17, 15) is 15.1 Å². The molecule has 1 aliphatic rings. The number of hydrogen-bond donors (Lipinski definition) is 2. The van der Waals surface area contributed by atoms with Gasteiger partial charge in [-0.15, -0.1) is 0 Å². The first-order chi connectivity index (χ1) is 22.1. The summed E-state index contributed by atoms with van der Waals surface area (Å²) in [6, 6.07) is 21.1. The first kappa shape index (κ1) is 33.8. The molecule has 4 rings (SSSR count). The van der Waals surface area contributed by atoms with Gasteiger partial charge in [0, 0.05) is 53.3 Å². The summed E-state index contributed by atoms with van der Waals surface area (Å²) in [6.07, 6.45) is -0.781. The Hall–Kier alpha value is -5.06. The van der Waals surface area contributed by atoms with Crippen LogP contribution < -0.4 is 14.8 Å². The Kier molecular flexibility index (Phi) is 11.2. The summed E-state index contributed by atoms with van der Waals surface area (Å²) in [5, 5.41) is 15.9. The summed E-state index contributed by atoms with van der Waals surface area (Å²) in [7, 11) is 1.55. The Labute approximate surface area is 268 Å². The summed E-state index contributed by atoms with van der Waals surface area (Å²) in [5.74, 6) is 0.358. The standard InChI is InChI=1S/C34H39N5O7/c1-33(2,3)46-29(41)18-19-34(32(42)36-22-24-10-5-8-13-28(24)43-4)30(26-11-6-7-12-27(26)38-39-35)45-31(37-34)23-14-16-25(17-15-23)44-21-9-20-40/h5-8,10-17,30,40H,9,18-22H2,1-4H3,(H,36,42)/t30-,34-/m1/s1. The summed E-state index contributed by atoms with van der Waals surface area (Å²) in [4.78, 5) is 35.3.